The third kappa shape index (κ3) is 6.12. The van der Waals surface area contributed by atoms with Crippen molar-refractivity contribution in [2.24, 2.45) is 5.73 Å². The lowest BCUT2D eigenvalue weighted by atomic mass is 10.0. The van der Waals surface area contributed by atoms with Gasteiger partial charge in [-0.1, -0.05) is 30.3 Å². The fourth-order valence-electron chi connectivity index (χ4n) is 2.32. The second-order valence-corrected chi connectivity index (χ2v) is 5.32. The Morgan fingerprint density at radius 1 is 0.875 bits per heavy atom. The molecule has 1 atom stereocenters. The van der Waals surface area contributed by atoms with E-state index in [1.54, 1.807) is 0 Å². The lowest BCUT2D eigenvalue weighted by molar-refractivity contribution is -0.274. The quantitative estimate of drug-likeness (QED) is 0.700. The van der Waals surface area contributed by atoms with Crippen molar-refractivity contribution in [1.82, 2.24) is 0 Å². The van der Waals surface area contributed by atoms with Gasteiger partial charge in [-0.3, -0.25) is 0 Å². The van der Waals surface area contributed by atoms with E-state index in [0.29, 0.717) is 12.3 Å². The number of alkyl halides is 3. The number of ether oxygens (including phenoxy) is 2. The highest BCUT2D eigenvalue weighted by atomic mass is 19.4. The molecule has 0 heterocycles. The summed E-state index contributed by atoms with van der Waals surface area (Å²) in [5.41, 5.74) is 6.55. The van der Waals surface area contributed by atoms with Gasteiger partial charge in [-0.15, -0.1) is 13.2 Å². The summed E-state index contributed by atoms with van der Waals surface area (Å²) in [5, 5.41) is 0. The van der Waals surface area contributed by atoms with Gasteiger partial charge in [0, 0.05) is 0 Å². The van der Waals surface area contributed by atoms with Gasteiger partial charge in [0.2, 0.25) is 0 Å². The zero-order valence-corrected chi connectivity index (χ0v) is 13.1. The van der Waals surface area contributed by atoms with Gasteiger partial charge in [0.1, 0.15) is 17.6 Å². The highest BCUT2D eigenvalue weighted by Crippen LogP contribution is 2.29. The molecule has 3 nitrogen and oxygen atoms in total. The topological polar surface area (TPSA) is 44.5 Å². The van der Waals surface area contributed by atoms with E-state index in [4.69, 9.17) is 10.5 Å². The van der Waals surface area contributed by atoms with Crippen LogP contribution < -0.4 is 15.2 Å². The van der Waals surface area contributed by atoms with Crippen molar-refractivity contribution in [3.63, 3.8) is 0 Å². The summed E-state index contributed by atoms with van der Waals surface area (Å²) in [6, 6.07) is 15.1. The van der Waals surface area contributed by atoms with E-state index in [1.807, 2.05) is 30.3 Å². The smallest absolute Gasteiger partial charge is 0.486 e. The molecule has 0 amide bonds. The first-order valence-electron chi connectivity index (χ1n) is 7.75. The summed E-state index contributed by atoms with van der Waals surface area (Å²) in [7, 11) is 0. The zero-order chi connectivity index (χ0) is 17.4. The third-order valence-electron chi connectivity index (χ3n) is 3.43. The van der Waals surface area contributed by atoms with Crippen molar-refractivity contribution < 1.29 is 22.6 Å². The normalized spacial score (nSPS) is 12.7. The summed E-state index contributed by atoms with van der Waals surface area (Å²) in [6.45, 7) is 0.616. The van der Waals surface area contributed by atoms with E-state index in [2.05, 4.69) is 4.74 Å². The van der Waals surface area contributed by atoms with Gasteiger partial charge in [-0.2, -0.15) is 0 Å². The average Bonchev–Trinajstić information content (AvgIpc) is 2.55. The number of benzene rings is 2. The summed E-state index contributed by atoms with van der Waals surface area (Å²) in [6.07, 6.45) is -2.29. The second kappa shape index (κ2) is 8.59. The summed E-state index contributed by atoms with van der Waals surface area (Å²) in [5.74, 6) is 0.223. The molecule has 0 saturated heterocycles. The predicted molar refractivity (Wildman–Crippen MR) is 85.8 cm³/mol. The molecule has 130 valence electrons. The van der Waals surface area contributed by atoms with Crippen LogP contribution in [-0.2, 0) is 0 Å². The van der Waals surface area contributed by atoms with Gasteiger partial charge in [-0.05, 0) is 55.6 Å². The first-order chi connectivity index (χ1) is 11.5. The molecular weight excluding hydrogens is 319 g/mol. The van der Waals surface area contributed by atoms with Crippen LogP contribution >= 0.6 is 0 Å². The molecule has 6 heteroatoms. The van der Waals surface area contributed by atoms with E-state index in [9.17, 15) is 13.2 Å². The van der Waals surface area contributed by atoms with Crippen molar-refractivity contribution in [2.75, 3.05) is 6.54 Å². The lowest BCUT2D eigenvalue weighted by Crippen LogP contribution is -2.17. The van der Waals surface area contributed by atoms with Crippen LogP contribution in [0.5, 0.6) is 11.5 Å². The van der Waals surface area contributed by atoms with Gasteiger partial charge in [0.05, 0.1) is 0 Å². The van der Waals surface area contributed by atoms with Crippen LogP contribution in [-0.4, -0.2) is 12.9 Å². The van der Waals surface area contributed by atoms with E-state index in [-0.39, 0.29) is 11.9 Å². The molecule has 0 saturated carbocycles. The number of hydrogen-bond acceptors (Lipinski definition) is 3. The molecule has 24 heavy (non-hydrogen) atoms. The Hall–Kier alpha value is -2.21. The van der Waals surface area contributed by atoms with Gasteiger partial charge >= 0.3 is 6.36 Å². The van der Waals surface area contributed by atoms with E-state index in [1.165, 1.54) is 24.3 Å². The zero-order valence-electron chi connectivity index (χ0n) is 13.1. The number of unbranched alkanes of at least 4 members (excludes halogenated alkanes) is 1. The van der Waals surface area contributed by atoms with Crippen LogP contribution in [0.2, 0.25) is 0 Å². The Kier molecular flexibility index (Phi) is 6.49. The van der Waals surface area contributed by atoms with Gasteiger partial charge in [0.25, 0.3) is 0 Å². The minimum Gasteiger partial charge on any atom is -0.486 e. The molecule has 0 aliphatic heterocycles. The van der Waals surface area contributed by atoms with Crippen molar-refractivity contribution in [2.45, 2.75) is 31.7 Å². The summed E-state index contributed by atoms with van der Waals surface area (Å²) in [4.78, 5) is 0. The number of halogens is 3. The van der Waals surface area contributed by atoms with Crippen molar-refractivity contribution in [3.05, 3.63) is 60.2 Å². The standard InChI is InChI=1S/C18H20F3NO2/c19-18(20,21)24-16-11-9-15(10-12-16)23-17(8-4-5-13-22)14-6-2-1-3-7-14/h1-3,6-7,9-12,17H,4-5,8,13,22H2/t17-/m0/s1. The Morgan fingerprint density at radius 2 is 1.50 bits per heavy atom. The van der Waals surface area contributed by atoms with Crippen LogP contribution in [0.15, 0.2) is 54.6 Å². The van der Waals surface area contributed by atoms with Crippen molar-refractivity contribution in [3.8, 4) is 11.5 Å². The fourth-order valence-corrected chi connectivity index (χ4v) is 2.32. The Morgan fingerprint density at radius 3 is 2.08 bits per heavy atom. The molecule has 0 bridgehead atoms. The number of hydrogen-bond donors (Lipinski definition) is 1. The van der Waals surface area contributed by atoms with Gasteiger partial charge in [-0.25, -0.2) is 0 Å². The molecule has 2 rings (SSSR count). The van der Waals surface area contributed by atoms with E-state index in [0.717, 1.165) is 24.8 Å². The molecule has 2 aromatic rings. The molecule has 0 spiro atoms. The third-order valence-corrected chi connectivity index (χ3v) is 3.43. The molecule has 0 aromatic heterocycles. The monoisotopic (exact) mass is 339 g/mol. The first-order valence-corrected chi connectivity index (χ1v) is 7.75. The maximum atomic E-state index is 12.2. The van der Waals surface area contributed by atoms with E-state index < -0.39 is 6.36 Å². The Bertz CT molecular complexity index is 600. The highest BCUT2D eigenvalue weighted by Gasteiger charge is 2.31. The minimum atomic E-state index is -4.70. The molecule has 0 fully saturated rings. The number of rotatable bonds is 8. The molecular formula is C18H20F3NO2. The molecule has 0 unspecified atom stereocenters. The van der Waals surface area contributed by atoms with Crippen LogP contribution in [0.3, 0.4) is 0 Å². The molecule has 2 aromatic carbocycles. The van der Waals surface area contributed by atoms with Crippen molar-refractivity contribution in [1.29, 1.82) is 0 Å². The largest absolute Gasteiger partial charge is 0.573 e. The first kappa shape index (κ1) is 18.1. The van der Waals surface area contributed by atoms with Crippen LogP contribution in [0.4, 0.5) is 13.2 Å². The molecule has 2 N–H and O–H groups in total. The average molecular weight is 339 g/mol. The lowest BCUT2D eigenvalue weighted by Gasteiger charge is -2.20. The number of nitrogens with two attached hydrogens (primary N) is 1. The Labute approximate surface area is 139 Å². The highest BCUT2D eigenvalue weighted by molar-refractivity contribution is 5.32. The van der Waals surface area contributed by atoms with Gasteiger partial charge < -0.3 is 15.2 Å². The summed E-state index contributed by atoms with van der Waals surface area (Å²) >= 11 is 0. The maximum Gasteiger partial charge on any atom is 0.573 e. The maximum absolute atomic E-state index is 12.2. The molecule has 0 aliphatic rings. The molecule has 0 radical (unpaired) electrons. The van der Waals surface area contributed by atoms with Crippen LogP contribution in [0.25, 0.3) is 0 Å². The predicted octanol–water partition coefficient (Wildman–Crippen LogP) is 4.83. The minimum absolute atomic E-state index is 0.174. The molecule has 0 aliphatic carbocycles. The van der Waals surface area contributed by atoms with Crippen molar-refractivity contribution >= 4 is 0 Å². The van der Waals surface area contributed by atoms with Crippen LogP contribution in [0, 0.1) is 0 Å². The second-order valence-electron chi connectivity index (χ2n) is 5.32. The van der Waals surface area contributed by atoms with Gasteiger partial charge in [0.15, 0.2) is 0 Å². The SMILES string of the molecule is NCCCC[C@H](Oc1ccc(OC(F)(F)F)cc1)c1ccccc1. The van der Waals surface area contributed by atoms with Crippen LogP contribution in [0.1, 0.15) is 30.9 Å². The van der Waals surface area contributed by atoms with E-state index >= 15 is 0 Å². The summed E-state index contributed by atoms with van der Waals surface area (Å²) < 4.78 is 46.4. The fraction of sp³-hybridized carbons (Fsp3) is 0.333. The Balaban J connectivity index is 2.05.